The molecule has 2 aromatic heterocycles. The highest BCUT2D eigenvalue weighted by atomic mass is 35.5. The van der Waals surface area contributed by atoms with E-state index < -0.39 is 23.7 Å². The van der Waals surface area contributed by atoms with Crippen LogP contribution in [0, 0.1) is 12.7 Å². The minimum absolute atomic E-state index is 0.101. The molecule has 8 nitrogen and oxygen atoms in total. The van der Waals surface area contributed by atoms with Gasteiger partial charge in [-0.15, -0.1) is 0 Å². The Morgan fingerprint density at radius 1 is 1.32 bits per heavy atom. The van der Waals surface area contributed by atoms with E-state index in [-0.39, 0.29) is 16.5 Å². The van der Waals surface area contributed by atoms with Crippen LogP contribution in [0.15, 0.2) is 36.5 Å². The van der Waals surface area contributed by atoms with Crippen molar-refractivity contribution in [3.05, 3.63) is 64.3 Å². The number of amides is 1. The largest absolute Gasteiger partial charge is 0.480 e. The fourth-order valence-corrected chi connectivity index (χ4v) is 2.86. The Kier molecular flexibility index (Phi) is 5.46. The van der Waals surface area contributed by atoms with E-state index in [1.807, 2.05) is 0 Å². The Labute approximate surface area is 164 Å². The van der Waals surface area contributed by atoms with E-state index in [0.717, 1.165) is 10.4 Å². The van der Waals surface area contributed by atoms with Gasteiger partial charge in [-0.25, -0.2) is 13.9 Å². The van der Waals surface area contributed by atoms with Crippen molar-refractivity contribution >= 4 is 29.3 Å². The lowest BCUT2D eigenvalue weighted by Crippen LogP contribution is -2.24. The Morgan fingerprint density at radius 2 is 2.07 bits per heavy atom. The smallest absolute Gasteiger partial charge is 0.328 e. The van der Waals surface area contributed by atoms with Gasteiger partial charge in [0.25, 0.3) is 5.91 Å². The third-order valence-electron chi connectivity index (χ3n) is 4.19. The molecule has 0 aliphatic carbocycles. The number of anilines is 1. The van der Waals surface area contributed by atoms with Crippen molar-refractivity contribution in [3.63, 3.8) is 0 Å². The van der Waals surface area contributed by atoms with Crippen LogP contribution < -0.4 is 5.32 Å². The van der Waals surface area contributed by atoms with E-state index in [2.05, 4.69) is 15.5 Å². The van der Waals surface area contributed by atoms with Crippen LogP contribution in [0.5, 0.6) is 0 Å². The summed E-state index contributed by atoms with van der Waals surface area (Å²) in [4.78, 5) is 23.7. The maximum atomic E-state index is 13.2. The zero-order valence-corrected chi connectivity index (χ0v) is 15.8. The quantitative estimate of drug-likeness (QED) is 0.656. The van der Waals surface area contributed by atoms with Crippen molar-refractivity contribution in [3.8, 4) is 0 Å². The number of carbonyl (C=O) groups excluding carboxylic acids is 1. The third kappa shape index (κ3) is 4.04. The summed E-state index contributed by atoms with van der Waals surface area (Å²) in [7, 11) is 0. The second-order valence-electron chi connectivity index (χ2n) is 6.19. The van der Waals surface area contributed by atoms with Crippen LogP contribution in [-0.2, 0) is 11.3 Å². The summed E-state index contributed by atoms with van der Waals surface area (Å²) in [6.45, 7) is 3.53. The van der Waals surface area contributed by atoms with Crippen LogP contribution in [0.4, 0.5) is 10.2 Å². The molecule has 0 saturated carbocycles. The first-order valence-corrected chi connectivity index (χ1v) is 8.70. The number of carboxylic acid groups (broad SMARTS) is 1. The molecule has 146 valence electrons. The summed E-state index contributed by atoms with van der Waals surface area (Å²) >= 11 is 6.05. The number of rotatable bonds is 6. The summed E-state index contributed by atoms with van der Waals surface area (Å²) in [5.41, 5.74) is 1.53. The molecule has 10 heteroatoms. The van der Waals surface area contributed by atoms with Crippen molar-refractivity contribution < 1.29 is 19.1 Å². The molecule has 0 spiro atoms. The number of carboxylic acids is 1. The Bertz CT molecular complexity index is 1050. The Balaban J connectivity index is 1.78. The first-order chi connectivity index (χ1) is 13.3. The Hall–Kier alpha value is -3.20. The lowest BCUT2D eigenvalue weighted by Gasteiger charge is -2.10. The van der Waals surface area contributed by atoms with E-state index in [4.69, 9.17) is 16.7 Å². The molecule has 0 radical (unpaired) electrons. The number of aliphatic carboxylic acids is 1. The normalized spacial score (nSPS) is 12.0. The molecular weight excluding hydrogens is 389 g/mol. The zero-order valence-electron chi connectivity index (χ0n) is 15.1. The molecule has 0 aliphatic heterocycles. The van der Waals surface area contributed by atoms with Gasteiger partial charge in [0.1, 0.15) is 17.6 Å². The maximum absolute atomic E-state index is 13.2. The standard InChI is InChI=1S/C18H17ClFN5O3/c1-10-7-16(23-24(10)9-12-3-4-13(20)8-14(12)19)22-17(26)15-5-6-21-25(15)11(2)18(27)28/h3-8,11H,9H2,1-2H3,(H,27,28)(H,22,23,26). The van der Waals surface area contributed by atoms with Crippen LogP contribution in [0.3, 0.4) is 0 Å². The molecule has 0 saturated heterocycles. The molecule has 1 amide bonds. The van der Waals surface area contributed by atoms with Gasteiger partial charge in [-0.1, -0.05) is 17.7 Å². The number of aryl methyl sites for hydroxylation is 1. The van der Waals surface area contributed by atoms with Crippen molar-refractivity contribution in [2.45, 2.75) is 26.4 Å². The van der Waals surface area contributed by atoms with Crippen molar-refractivity contribution in [1.82, 2.24) is 19.6 Å². The van der Waals surface area contributed by atoms with Gasteiger partial charge in [-0.2, -0.15) is 10.2 Å². The topological polar surface area (TPSA) is 102 Å². The SMILES string of the molecule is Cc1cc(NC(=O)c2ccnn2C(C)C(=O)O)nn1Cc1ccc(F)cc1Cl. The van der Waals surface area contributed by atoms with Gasteiger partial charge in [0.15, 0.2) is 5.82 Å². The molecule has 0 bridgehead atoms. The maximum Gasteiger partial charge on any atom is 0.328 e. The van der Waals surface area contributed by atoms with Crippen LogP contribution >= 0.6 is 11.6 Å². The lowest BCUT2D eigenvalue weighted by molar-refractivity contribution is -0.140. The zero-order chi connectivity index (χ0) is 20.4. The molecule has 3 rings (SSSR count). The van der Waals surface area contributed by atoms with E-state index in [9.17, 15) is 14.0 Å². The van der Waals surface area contributed by atoms with E-state index in [1.165, 1.54) is 31.3 Å². The number of carbonyl (C=O) groups is 2. The molecule has 3 aromatic rings. The number of aromatic nitrogens is 4. The van der Waals surface area contributed by atoms with E-state index in [0.29, 0.717) is 12.1 Å². The summed E-state index contributed by atoms with van der Waals surface area (Å²) in [6, 6.07) is 6.21. The van der Waals surface area contributed by atoms with Crippen molar-refractivity contribution in [2.24, 2.45) is 0 Å². The third-order valence-corrected chi connectivity index (χ3v) is 4.54. The molecule has 2 heterocycles. The lowest BCUT2D eigenvalue weighted by atomic mass is 10.2. The van der Waals surface area contributed by atoms with Crippen molar-refractivity contribution in [1.29, 1.82) is 0 Å². The van der Waals surface area contributed by atoms with Gasteiger partial charge in [-0.05, 0) is 37.6 Å². The minimum Gasteiger partial charge on any atom is -0.480 e. The minimum atomic E-state index is -1.10. The summed E-state index contributed by atoms with van der Waals surface area (Å²) in [6.07, 6.45) is 1.36. The fraction of sp³-hybridized carbons (Fsp3) is 0.222. The highest BCUT2D eigenvalue weighted by Crippen LogP contribution is 2.20. The van der Waals surface area contributed by atoms with Crippen LogP contribution in [0.1, 0.15) is 34.7 Å². The summed E-state index contributed by atoms with van der Waals surface area (Å²) in [5.74, 6) is -1.77. The van der Waals surface area contributed by atoms with Gasteiger partial charge in [0, 0.05) is 23.0 Å². The summed E-state index contributed by atoms with van der Waals surface area (Å²) < 4.78 is 15.9. The molecule has 1 unspecified atom stereocenters. The van der Waals surface area contributed by atoms with Crippen molar-refractivity contribution in [2.75, 3.05) is 5.32 Å². The molecule has 28 heavy (non-hydrogen) atoms. The van der Waals surface area contributed by atoms with Gasteiger partial charge in [-0.3, -0.25) is 9.48 Å². The predicted molar refractivity (Wildman–Crippen MR) is 100 cm³/mol. The van der Waals surface area contributed by atoms with Crippen LogP contribution in [0.2, 0.25) is 5.02 Å². The average Bonchev–Trinajstić information content (AvgIpc) is 3.23. The van der Waals surface area contributed by atoms with Crippen LogP contribution in [0.25, 0.3) is 0 Å². The fourth-order valence-electron chi connectivity index (χ4n) is 2.63. The number of hydrogen-bond acceptors (Lipinski definition) is 4. The number of nitrogens with one attached hydrogen (secondary N) is 1. The van der Waals surface area contributed by atoms with Gasteiger partial charge in [0.05, 0.1) is 6.54 Å². The predicted octanol–water partition coefficient (Wildman–Crippen LogP) is 3.13. The molecule has 1 atom stereocenters. The first-order valence-electron chi connectivity index (χ1n) is 8.32. The average molecular weight is 406 g/mol. The second-order valence-corrected chi connectivity index (χ2v) is 6.60. The second kappa shape index (κ2) is 7.81. The highest BCUT2D eigenvalue weighted by molar-refractivity contribution is 6.31. The number of nitrogens with zero attached hydrogens (tertiary/aromatic N) is 4. The van der Waals surface area contributed by atoms with Gasteiger partial charge in [0.2, 0.25) is 0 Å². The molecule has 2 N–H and O–H groups in total. The number of halogens is 2. The molecular formula is C18H17ClFN5O3. The highest BCUT2D eigenvalue weighted by Gasteiger charge is 2.21. The molecule has 1 aromatic carbocycles. The summed E-state index contributed by atoms with van der Waals surface area (Å²) in [5, 5.41) is 20.3. The number of hydrogen-bond donors (Lipinski definition) is 2. The Morgan fingerprint density at radius 3 is 2.75 bits per heavy atom. The monoisotopic (exact) mass is 405 g/mol. The van der Waals surface area contributed by atoms with Crippen LogP contribution in [-0.4, -0.2) is 36.5 Å². The van der Waals surface area contributed by atoms with Gasteiger partial charge < -0.3 is 10.4 Å². The first kappa shape index (κ1) is 19.6. The van der Waals surface area contributed by atoms with E-state index >= 15 is 0 Å². The number of benzene rings is 1. The molecule has 0 aliphatic rings. The molecule has 0 fully saturated rings. The van der Waals surface area contributed by atoms with Gasteiger partial charge >= 0.3 is 5.97 Å². The van der Waals surface area contributed by atoms with E-state index in [1.54, 1.807) is 23.7 Å².